The Bertz CT molecular complexity index is 457. The monoisotopic (exact) mass is 257 g/mol. The molecule has 1 aromatic heterocycles. The lowest BCUT2D eigenvalue weighted by molar-refractivity contribution is -0.142. The molecular weight excluding hydrogens is 253 g/mol. The molecule has 0 atom stereocenters. The average Bonchev–Trinajstić information content (AvgIpc) is 2.14. The molecule has 0 aromatic carbocycles. The standard InChI is InChI=1S/C8H4F5NO3/c9-6(10)4-3(15)1-2(7(16)17)5(14-4)8(11,12)13/h1,6,15H,(H,16,17). The molecule has 2 N–H and O–H groups in total. The fourth-order valence-electron chi connectivity index (χ4n) is 1.06. The lowest BCUT2D eigenvalue weighted by Gasteiger charge is -2.12. The number of aromatic hydroxyl groups is 1. The van der Waals surface area contributed by atoms with Gasteiger partial charge in [0.2, 0.25) is 0 Å². The van der Waals surface area contributed by atoms with Crippen LogP contribution in [0.4, 0.5) is 22.0 Å². The maximum atomic E-state index is 12.3. The van der Waals surface area contributed by atoms with Crippen molar-refractivity contribution in [3.05, 3.63) is 23.0 Å². The number of halogens is 5. The van der Waals surface area contributed by atoms with Crippen molar-refractivity contribution in [1.82, 2.24) is 4.98 Å². The maximum absolute atomic E-state index is 12.3. The molecule has 0 saturated heterocycles. The van der Waals surface area contributed by atoms with Crippen LogP contribution in [0.1, 0.15) is 28.2 Å². The first-order valence-electron chi connectivity index (χ1n) is 3.97. The predicted octanol–water partition coefficient (Wildman–Crippen LogP) is 2.44. The molecular formula is C8H4F5NO3. The average molecular weight is 257 g/mol. The molecule has 0 aliphatic carbocycles. The molecule has 4 nitrogen and oxygen atoms in total. The van der Waals surface area contributed by atoms with E-state index < -0.39 is 41.3 Å². The lowest BCUT2D eigenvalue weighted by Crippen LogP contribution is -2.16. The van der Waals surface area contributed by atoms with Gasteiger partial charge in [-0.1, -0.05) is 0 Å². The second-order valence-corrected chi connectivity index (χ2v) is 2.89. The van der Waals surface area contributed by atoms with E-state index in [1.165, 1.54) is 0 Å². The van der Waals surface area contributed by atoms with E-state index in [-0.39, 0.29) is 6.07 Å². The molecule has 0 bridgehead atoms. The summed E-state index contributed by atoms with van der Waals surface area (Å²) in [6.07, 6.45) is -8.65. The van der Waals surface area contributed by atoms with E-state index in [1.807, 2.05) is 0 Å². The van der Waals surface area contributed by atoms with Crippen molar-refractivity contribution in [2.45, 2.75) is 12.6 Å². The Morgan fingerprint density at radius 1 is 1.35 bits per heavy atom. The molecule has 1 aromatic rings. The molecule has 0 aliphatic rings. The number of carbonyl (C=O) groups is 1. The highest BCUT2D eigenvalue weighted by molar-refractivity contribution is 5.89. The van der Waals surface area contributed by atoms with Crippen LogP contribution in [0, 0.1) is 0 Å². The van der Waals surface area contributed by atoms with Crippen molar-refractivity contribution in [1.29, 1.82) is 0 Å². The molecule has 0 radical (unpaired) electrons. The van der Waals surface area contributed by atoms with Crippen LogP contribution in [-0.4, -0.2) is 21.2 Å². The van der Waals surface area contributed by atoms with Crippen LogP contribution in [0.3, 0.4) is 0 Å². The van der Waals surface area contributed by atoms with Crippen molar-refractivity contribution in [2.24, 2.45) is 0 Å². The van der Waals surface area contributed by atoms with E-state index in [0.717, 1.165) is 0 Å². The number of carboxylic acid groups (broad SMARTS) is 1. The second kappa shape index (κ2) is 4.15. The quantitative estimate of drug-likeness (QED) is 0.798. The summed E-state index contributed by atoms with van der Waals surface area (Å²) >= 11 is 0. The predicted molar refractivity (Wildman–Crippen MR) is 42.8 cm³/mol. The molecule has 94 valence electrons. The Morgan fingerprint density at radius 3 is 2.24 bits per heavy atom. The van der Waals surface area contributed by atoms with Crippen LogP contribution in [0.25, 0.3) is 0 Å². The number of alkyl halides is 5. The fraction of sp³-hybridized carbons (Fsp3) is 0.250. The van der Waals surface area contributed by atoms with E-state index in [4.69, 9.17) is 10.2 Å². The minimum Gasteiger partial charge on any atom is -0.506 e. The first-order chi connectivity index (χ1) is 7.64. The van der Waals surface area contributed by atoms with E-state index in [1.54, 1.807) is 0 Å². The Hall–Kier alpha value is -1.93. The van der Waals surface area contributed by atoms with Crippen LogP contribution in [0.15, 0.2) is 6.07 Å². The maximum Gasteiger partial charge on any atom is 0.434 e. The third kappa shape index (κ3) is 2.60. The summed E-state index contributed by atoms with van der Waals surface area (Å²) in [5.41, 5.74) is -4.88. The summed E-state index contributed by atoms with van der Waals surface area (Å²) in [4.78, 5) is 12.9. The number of hydrogen-bond acceptors (Lipinski definition) is 3. The van der Waals surface area contributed by atoms with Gasteiger partial charge in [-0.05, 0) is 6.07 Å². The summed E-state index contributed by atoms with van der Waals surface area (Å²) in [5, 5.41) is 17.4. The van der Waals surface area contributed by atoms with Gasteiger partial charge in [0.1, 0.15) is 11.4 Å². The Labute approximate surface area is 90.3 Å². The van der Waals surface area contributed by atoms with Gasteiger partial charge in [0.05, 0.1) is 5.56 Å². The summed E-state index contributed by atoms with van der Waals surface area (Å²) in [7, 11) is 0. The van der Waals surface area contributed by atoms with Crippen molar-refractivity contribution in [2.75, 3.05) is 0 Å². The third-order valence-electron chi connectivity index (χ3n) is 1.74. The number of carboxylic acids is 1. The normalized spacial score (nSPS) is 11.9. The van der Waals surface area contributed by atoms with E-state index >= 15 is 0 Å². The first kappa shape index (κ1) is 13.1. The third-order valence-corrected chi connectivity index (χ3v) is 1.74. The van der Waals surface area contributed by atoms with Gasteiger partial charge in [0, 0.05) is 0 Å². The fourth-order valence-corrected chi connectivity index (χ4v) is 1.06. The van der Waals surface area contributed by atoms with Crippen LogP contribution in [0.5, 0.6) is 5.75 Å². The molecule has 0 fully saturated rings. The molecule has 0 aliphatic heterocycles. The topological polar surface area (TPSA) is 70.4 Å². The zero-order valence-corrected chi connectivity index (χ0v) is 7.79. The highest BCUT2D eigenvalue weighted by atomic mass is 19.4. The Kier molecular flexibility index (Phi) is 3.21. The smallest absolute Gasteiger partial charge is 0.434 e. The molecule has 0 saturated carbocycles. The van der Waals surface area contributed by atoms with E-state index in [0.29, 0.717) is 0 Å². The van der Waals surface area contributed by atoms with E-state index in [2.05, 4.69) is 4.98 Å². The first-order valence-corrected chi connectivity index (χ1v) is 3.97. The number of rotatable bonds is 2. The van der Waals surface area contributed by atoms with Crippen molar-refractivity contribution >= 4 is 5.97 Å². The zero-order valence-electron chi connectivity index (χ0n) is 7.79. The van der Waals surface area contributed by atoms with Gasteiger partial charge in [-0.2, -0.15) is 13.2 Å². The van der Waals surface area contributed by atoms with Gasteiger partial charge >= 0.3 is 12.1 Å². The highest BCUT2D eigenvalue weighted by Gasteiger charge is 2.39. The number of aromatic nitrogens is 1. The molecule has 0 spiro atoms. The lowest BCUT2D eigenvalue weighted by atomic mass is 10.1. The summed E-state index contributed by atoms with van der Waals surface area (Å²) < 4.78 is 61.4. The zero-order chi connectivity index (χ0) is 13.4. The minimum atomic E-state index is -5.20. The Balaban J connectivity index is 3.54. The Morgan fingerprint density at radius 2 is 1.88 bits per heavy atom. The molecule has 1 rings (SSSR count). The molecule has 0 unspecified atom stereocenters. The number of nitrogens with zero attached hydrogens (tertiary/aromatic N) is 1. The van der Waals surface area contributed by atoms with Gasteiger partial charge in [-0.15, -0.1) is 0 Å². The SMILES string of the molecule is O=C(O)c1cc(O)c(C(F)F)nc1C(F)(F)F. The van der Waals surface area contributed by atoms with Gasteiger partial charge in [0.25, 0.3) is 6.43 Å². The number of hydrogen-bond donors (Lipinski definition) is 2. The number of pyridine rings is 1. The second-order valence-electron chi connectivity index (χ2n) is 2.89. The van der Waals surface area contributed by atoms with Crippen LogP contribution >= 0.6 is 0 Å². The summed E-state index contributed by atoms with van der Waals surface area (Å²) in [6, 6.07) is 0.0969. The largest absolute Gasteiger partial charge is 0.506 e. The number of aromatic carboxylic acids is 1. The molecule has 1 heterocycles. The minimum absolute atomic E-state index is 0.0969. The van der Waals surface area contributed by atoms with Crippen molar-refractivity contribution in [3.8, 4) is 5.75 Å². The van der Waals surface area contributed by atoms with Crippen molar-refractivity contribution in [3.63, 3.8) is 0 Å². The molecule has 9 heteroatoms. The van der Waals surface area contributed by atoms with Gasteiger partial charge in [-0.3, -0.25) is 0 Å². The highest BCUT2D eigenvalue weighted by Crippen LogP contribution is 2.35. The van der Waals surface area contributed by atoms with E-state index in [9.17, 15) is 26.7 Å². The van der Waals surface area contributed by atoms with Crippen LogP contribution in [-0.2, 0) is 6.18 Å². The van der Waals surface area contributed by atoms with Crippen LogP contribution in [0.2, 0.25) is 0 Å². The molecule has 17 heavy (non-hydrogen) atoms. The summed E-state index contributed by atoms with van der Waals surface area (Å²) in [6.45, 7) is 0. The van der Waals surface area contributed by atoms with Crippen LogP contribution < -0.4 is 0 Å². The van der Waals surface area contributed by atoms with Gasteiger partial charge < -0.3 is 10.2 Å². The summed E-state index contributed by atoms with van der Waals surface area (Å²) in [5.74, 6) is -3.33. The van der Waals surface area contributed by atoms with Crippen molar-refractivity contribution < 1.29 is 37.0 Å². The van der Waals surface area contributed by atoms with Gasteiger partial charge in [-0.25, -0.2) is 18.6 Å². The molecule has 0 amide bonds. The van der Waals surface area contributed by atoms with Gasteiger partial charge in [0.15, 0.2) is 5.69 Å².